The van der Waals surface area contributed by atoms with E-state index < -0.39 is 0 Å². The molecule has 0 radical (unpaired) electrons. The highest BCUT2D eigenvalue weighted by Gasteiger charge is 2.61. The Morgan fingerprint density at radius 3 is 2.79 bits per heavy atom. The number of hydrogen-bond donors (Lipinski definition) is 0. The molecule has 2 aliphatic rings. The Hall–Kier alpha value is -1.68. The van der Waals surface area contributed by atoms with E-state index in [2.05, 4.69) is 64.4 Å². The average Bonchev–Trinajstić information content (AvgIpc) is 2.87. The highest BCUT2D eigenvalue weighted by atomic mass is 79.9. The van der Waals surface area contributed by atoms with E-state index in [1.165, 1.54) is 5.69 Å². The first-order valence-corrected chi connectivity index (χ1v) is 9.29. The van der Waals surface area contributed by atoms with Crippen molar-refractivity contribution >= 4 is 32.3 Å². The van der Waals surface area contributed by atoms with E-state index in [1.807, 2.05) is 12.1 Å². The van der Waals surface area contributed by atoms with Crippen LogP contribution in [0.15, 0.2) is 39.7 Å². The number of benzene rings is 1. The molecule has 3 nitrogen and oxygen atoms in total. The van der Waals surface area contributed by atoms with E-state index >= 15 is 0 Å². The third kappa shape index (κ3) is 1.45. The zero-order valence-electron chi connectivity index (χ0n) is 14.1. The fourth-order valence-electron chi connectivity index (χ4n) is 5.24. The van der Waals surface area contributed by atoms with Gasteiger partial charge >= 0.3 is 0 Å². The van der Waals surface area contributed by atoms with E-state index in [1.54, 1.807) is 0 Å². The Morgan fingerprint density at radius 1 is 1.21 bits per heavy atom. The van der Waals surface area contributed by atoms with Gasteiger partial charge in [0.05, 0.1) is 0 Å². The molecule has 0 aliphatic heterocycles. The minimum Gasteiger partial charge on any atom is -0.304 e. The first-order chi connectivity index (χ1) is 11.4. The maximum absolute atomic E-state index is 12.9. The van der Waals surface area contributed by atoms with E-state index in [-0.39, 0.29) is 16.4 Å². The molecule has 2 aromatic heterocycles. The molecule has 5 rings (SSSR count). The Bertz CT molecular complexity index is 1100. The largest absolute Gasteiger partial charge is 0.304 e. The summed E-state index contributed by atoms with van der Waals surface area (Å²) in [5.41, 5.74) is 3.03. The Balaban J connectivity index is 2.01. The van der Waals surface area contributed by atoms with Gasteiger partial charge in [0.2, 0.25) is 0 Å². The van der Waals surface area contributed by atoms with Gasteiger partial charge in [-0.1, -0.05) is 48.8 Å². The van der Waals surface area contributed by atoms with Crippen molar-refractivity contribution in [3.8, 4) is 0 Å². The van der Waals surface area contributed by atoms with Gasteiger partial charge in [0.15, 0.2) is 0 Å². The summed E-state index contributed by atoms with van der Waals surface area (Å²) in [6, 6.07) is 8.20. The zero-order chi connectivity index (χ0) is 16.9. The number of aromatic nitrogens is 2. The van der Waals surface area contributed by atoms with Gasteiger partial charge in [-0.25, -0.2) is 0 Å². The molecule has 0 N–H and O–H groups in total. The van der Waals surface area contributed by atoms with Gasteiger partial charge in [0.25, 0.3) is 5.56 Å². The predicted octanol–water partition coefficient (Wildman–Crippen LogP) is 4.79. The predicted molar refractivity (Wildman–Crippen MR) is 99.8 cm³/mol. The van der Waals surface area contributed by atoms with Gasteiger partial charge in [-0.2, -0.15) is 4.98 Å². The number of halogens is 1. The summed E-state index contributed by atoms with van der Waals surface area (Å²) in [7, 11) is 0. The molecule has 1 aromatic carbocycles. The topological polar surface area (TPSA) is 34.4 Å². The molecule has 4 heteroatoms. The number of hydrogen-bond acceptors (Lipinski definition) is 2. The molecule has 2 atom stereocenters. The molecule has 1 fully saturated rings. The van der Waals surface area contributed by atoms with Crippen LogP contribution in [0.1, 0.15) is 50.8 Å². The van der Waals surface area contributed by atoms with Gasteiger partial charge in [0, 0.05) is 38.1 Å². The Labute approximate surface area is 148 Å². The van der Waals surface area contributed by atoms with E-state index in [0.717, 1.165) is 39.3 Å². The smallest absolute Gasteiger partial charge is 0.277 e. The lowest BCUT2D eigenvalue weighted by Gasteiger charge is -2.35. The molecule has 3 aromatic rings. The zero-order valence-corrected chi connectivity index (χ0v) is 15.6. The van der Waals surface area contributed by atoms with Crippen molar-refractivity contribution in [3.63, 3.8) is 0 Å². The molecule has 2 unspecified atom stereocenters. The molecule has 0 saturated heterocycles. The minimum absolute atomic E-state index is 0.0255. The van der Waals surface area contributed by atoms with Gasteiger partial charge in [-0.3, -0.25) is 4.79 Å². The second-order valence-corrected chi connectivity index (χ2v) is 8.89. The van der Waals surface area contributed by atoms with Crippen LogP contribution in [0.3, 0.4) is 0 Å². The van der Waals surface area contributed by atoms with Crippen LogP contribution in [0.25, 0.3) is 16.4 Å². The molecular weight excluding hydrogens is 364 g/mol. The monoisotopic (exact) mass is 382 g/mol. The molecule has 2 aliphatic carbocycles. The number of rotatable bonds is 0. The highest BCUT2D eigenvalue weighted by molar-refractivity contribution is 9.10. The normalized spacial score (nSPS) is 27.1. The Morgan fingerprint density at radius 2 is 2.00 bits per heavy atom. The molecule has 0 spiro atoms. The quantitative estimate of drug-likeness (QED) is 0.524. The van der Waals surface area contributed by atoms with Crippen LogP contribution in [-0.4, -0.2) is 9.38 Å². The van der Waals surface area contributed by atoms with Crippen LogP contribution >= 0.6 is 15.9 Å². The lowest BCUT2D eigenvalue weighted by molar-refractivity contribution is 0.226. The van der Waals surface area contributed by atoms with Gasteiger partial charge < -0.3 is 4.40 Å². The second-order valence-electron chi connectivity index (χ2n) is 8.03. The van der Waals surface area contributed by atoms with Crippen molar-refractivity contribution in [2.24, 2.45) is 5.41 Å². The molecule has 122 valence electrons. The molecule has 2 bridgehead atoms. The van der Waals surface area contributed by atoms with Crippen LogP contribution in [0.4, 0.5) is 0 Å². The molecular formula is C20H19BrN2O. The second kappa shape index (κ2) is 4.29. The highest BCUT2D eigenvalue weighted by Crippen LogP contribution is 2.66. The molecule has 24 heavy (non-hydrogen) atoms. The van der Waals surface area contributed by atoms with Gasteiger partial charge in [-0.15, -0.1) is 0 Å². The fraction of sp³-hybridized carbons (Fsp3) is 0.400. The summed E-state index contributed by atoms with van der Waals surface area (Å²) in [6.07, 6.45) is 4.33. The Kier molecular flexibility index (Phi) is 2.62. The standard InChI is InChI=1S/C20H19BrN2O/c1-19(2)13-7-9-20(19,3)16-15(13)18(24)22-17-12-5-4-6-14(21)11(12)8-10-23(16)17/h4-6,8,10,13H,7,9H2,1-3H3. The first-order valence-electron chi connectivity index (χ1n) is 8.50. The van der Waals surface area contributed by atoms with Crippen LogP contribution in [-0.2, 0) is 5.41 Å². The first kappa shape index (κ1) is 14.6. The SMILES string of the molecule is CC12CCC(c3c1n1ccc4c(Br)cccc4c1nc3=O)C2(C)C. The summed E-state index contributed by atoms with van der Waals surface area (Å²) in [5, 5.41) is 2.12. The van der Waals surface area contributed by atoms with Crippen LogP contribution in [0, 0.1) is 5.41 Å². The number of nitrogens with zero attached hydrogens (tertiary/aromatic N) is 2. The summed E-state index contributed by atoms with van der Waals surface area (Å²) in [6.45, 7) is 6.96. The maximum Gasteiger partial charge on any atom is 0.277 e. The van der Waals surface area contributed by atoms with Crippen molar-refractivity contribution in [3.05, 3.63) is 56.5 Å². The third-order valence-electron chi connectivity index (χ3n) is 6.94. The molecule has 0 amide bonds. The van der Waals surface area contributed by atoms with E-state index in [9.17, 15) is 4.79 Å². The van der Waals surface area contributed by atoms with Crippen LogP contribution in [0.2, 0.25) is 0 Å². The van der Waals surface area contributed by atoms with Crippen LogP contribution < -0.4 is 5.56 Å². The number of pyridine rings is 1. The summed E-state index contributed by atoms with van der Waals surface area (Å²) in [4.78, 5) is 17.5. The lowest BCUT2D eigenvalue weighted by atomic mass is 9.70. The summed E-state index contributed by atoms with van der Waals surface area (Å²) < 4.78 is 3.22. The van der Waals surface area contributed by atoms with Crippen molar-refractivity contribution < 1.29 is 0 Å². The van der Waals surface area contributed by atoms with Crippen LogP contribution in [0.5, 0.6) is 0 Å². The minimum atomic E-state index is -0.0287. The van der Waals surface area contributed by atoms with E-state index in [4.69, 9.17) is 0 Å². The fourth-order valence-corrected chi connectivity index (χ4v) is 5.74. The van der Waals surface area contributed by atoms with Crippen molar-refractivity contribution in [1.29, 1.82) is 0 Å². The van der Waals surface area contributed by atoms with Crippen molar-refractivity contribution in [2.45, 2.75) is 44.9 Å². The molecule has 1 saturated carbocycles. The average molecular weight is 383 g/mol. The van der Waals surface area contributed by atoms with Crippen molar-refractivity contribution in [2.75, 3.05) is 0 Å². The summed E-state index contributed by atoms with van der Waals surface area (Å²) >= 11 is 3.61. The lowest BCUT2D eigenvalue weighted by Crippen LogP contribution is -2.33. The van der Waals surface area contributed by atoms with E-state index in [0.29, 0.717) is 5.92 Å². The van der Waals surface area contributed by atoms with Crippen molar-refractivity contribution in [1.82, 2.24) is 9.38 Å². The number of fused-ring (bicyclic) bond motifs is 9. The van der Waals surface area contributed by atoms with Gasteiger partial charge in [0.1, 0.15) is 5.65 Å². The molecule has 2 heterocycles. The van der Waals surface area contributed by atoms with Gasteiger partial charge in [-0.05, 0) is 36.3 Å². The third-order valence-corrected chi connectivity index (χ3v) is 7.64. The summed E-state index contributed by atoms with van der Waals surface area (Å²) in [5.74, 6) is 0.326. The maximum atomic E-state index is 12.9.